The molecule has 1 aliphatic rings. The SMILES string of the molecule is CCN(CC)CC1OCC(C)(C)Cc2cc(OC)c(OC)cc21. The molecular formula is C19H31NO3. The van der Waals surface area contributed by atoms with Crippen LogP contribution in [0.3, 0.4) is 0 Å². The monoisotopic (exact) mass is 321 g/mol. The summed E-state index contributed by atoms with van der Waals surface area (Å²) in [6.07, 6.45) is 1.06. The molecule has 1 heterocycles. The topological polar surface area (TPSA) is 30.9 Å². The van der Waals surface area contributed by atoms with Crippen molar-refractivity contribution in [1.82, 2.24) is 4.90 Å². The van der Waals surface area contributed by atoms with E-state index in [0.29, 0.717) is 0 Å². The Labute approximate surface area is 140 Å². The molecule has 1 aliphatic heterocycles. The third kappa shape index (κ3) is 4.18. The molecule has 1 unspecified atom stereocenters. The minimum Gasteiger partial charge on any atom is -0.493 e. The molecule has 0 N–H and O–H groups in total. The van der Waals surface area contributed by atoms with Gasteiger partial charge in [-0.1, -0.05) is 27.7 Å². The highest BCUT2D eigenvalue weighted by atomic mass is 16.5. The third-order valence-corrected chi connectivity index (χ3v) is 4.65. The van der Waals surface area contributed by atoms with E-state index in [1.54, 1.807) is 14.2 Å². The van der Waals surface area contributed by atoms with Gasteiger partial charge < -0.3 is 19.1 Å². The van der Waals surface area contributed by atoms with E-state index in [9.17, 15) is 0 Å². The molecule has 0 fully saturated rings. The molecule has 4 heteroatoms. The Morgan fingerprint density at radius 1 is 1.13 bits per heavy atom. The van der Waals surface area contributed by atoms with Gasteiger partial charge in [0, 0.05) is 6.54 Å². The van der Waals surface area contributed by atoms with E-state index in [4.69, 9.17) is 14.2 Å². The molecule has 4 nitrogen and oxygen atoms in total. The van der Waals surface area contributed by atoms with Gasteiger partial charge in [-0.3, -0.25) is 0 Å². The first-order valence-electron chi connectivity index (χ1n) is 8.52. The first kappa shape index (κ1) is 18.1. The molecule has 0 amide bonds. The highest BCUT2D eigenvalue weighted by Gasteiger charge is 2.31. The summed E-state index contributed by atoms with van der Waals surface area (Å²) in [6.45, 7) is 12.6. The Kier molecular flexibility index (Phi) is 5.93. The average Bonchev–Trinajstić information content (AvgIpc) is 2.66. The van der Waals surface area contributed by atoms with Gasteiger partial charge in [-0.05, 0) is 48.2 Å². The minimum atomic E-state index is 0.0754. The molecule has 0 saturated carbocycles. The summed E-state index contributed by atoms with van der Waals surface area (Å²) >= 11 is 0. The second-order valence-electron chi connectivity index (χ2n) is 7.03. The molecule has 0 aliphatic carbocycles. The highest BCUT2D eigenvalue weighted by Crippen LogP contribution is 2.40. The fourth-order valence-electron chi connectivity index (χ4n) is 3.24. The maximum atomic E-state index is 6.31. The van der Waals surface area contributed by atoms with E-state index < -0.39 is 0 Å². The summed E-state index contributed by atoms with van der Waals surface area (Å²) in [4.78, 5) is 2.41. The fraction of sp³-hybridized carbons (Fsp3) is 0.684. The number of likely N-dealkylation sites (N-methyl/N-ethyl adjacent to an activating group) is 1. The Hall–Kier alpha value is -1.26. The van der Waals surface area contributed by atoms with Gasteiger partial charge in [0.15, 0.2) is 11.5 Å². The number of hydrogen-bond donors (Lipinski definition) is 0. The van der Waals surface area contributed by atoms with Crippen molar-refractivity contribution < 1.29 is 14.2 Å². The van der Waals surface area contributed by atoms with Crippen LogP contribution in [0.4, 0.5) is 0 Å². The van der Waals surface area contributed by atoms with Gasteiger partial charge in [0.05, 0.1) is 26.9 Å². The molecular weight excluding hydrogens is 290 g/mol. The molecule has 1 aromatic rings. The standard InChI is InChI=1S/C19H31NO3/c1-7-20(8-2)12-18-15-10-17(22-6)16(21-5)9-14(15)11-19(3,4)13-23-18/h9-10,18H,7-8,11-13H2,1-6H3. The normalized spacial score (nSPS) is 20.0. The highest BCUT2D eigenvalue weighted by molar-refractivity contribution is 5.49. The molecule has 2 rings (SSSR count). The number of benzene rings is 1. The third-order valence-electron chi connectivity index (χ3n) is 4.65. The van der Waals surface area contributed by atoms with Gasteiger partial charge in [0.2, 0.25) is 0 Å². The van der Waals surface area contributed by atoms with Crippen LogP contribution in [0.1, 0.15) is 44.9 Å². The summed E-state index contributed by atoms with van der Waals surface area (Å²) in [5, 5.41) is 0. The first-order chi connectivity index (χ1) is 10.9. The Morgan fingerprint density at radius 2 is 1.74 bits per heavy atom. The maximum absolute atomic E-state index is 6.31. The van der Waals surface area contributed by atoms with Crippen LogP contribution in [-0.2, 0) is 11.2 Å². The van der Waals surface area contributed by atoms with Crippen molar-refractivity contribution >= 4 is 0 Å². The van der Waals surface area contributed by atoms with E-state index in [0.717, 1.165) is 44.2 Å². The lowest BCUT2D eigenvalue weighted by atomic mass is 9.85. The predicted octanol–water partition coefficient (Wildman–Crippen LogP) is 3.69. The summed E-state index contributed by atoms with van der Waals surface area (Å²) < 4.78 is 17.3. The summed E-state index contributed by atoms with van der Waals surface area (Å²) in [5.74, 6) is 1.57. The zero-order valence-corrected chi connectivity index (χ0v) is 15.4. The van der Waals surface area contributed by atoms with Crippen molar-refractivity contribution in [2.75, 3.05) is 40.5 Å². The smallest absolute Gasteiger partial charge is 0.161 e. The molecule has 1 atom stereocenters. The zero-order valence-electron chi connectivity index (χ0n) is 15.4. The van der Waals surface area contributed by atoms with Crippen molar-refractivity contribution in [3.63, 3.8) is 0 Å². The lowest BCUT2D eigenvalue weighted by Crippen LogP contribution is -2.30. The van der Waals surface area contributed by atoms with Crippen LogP contribution in [0.5, 0.6) is 11.5 Å². The van der Waals surface area contributed by atoms with Gasteiger partial charge in [-0.2, -0.15) is 0 Å². The fourth-order valence-corrected chi connectivity index (χ4v) is 3.24. The number of nitrogens with zero attached hydrogens (tertiary/aromatic N) is 1. The van der Waals surface area contributed by atoms with Crippen LogP contribution in [0, 0.1) is 5.41 Å². The van der Waals surface area contributed by atoms with Crippen molar-refractivity contribution in [3.8, 4) is 11.5 Å². The maximum Gasteiger partial charge on any atom is 0.161 e. The van der Waals surface area contributed by atoms with Gasteiger partial charge >= 0.3 is 0 Å². The second-order valence-corrected chi connectivity index (χ2v) is 7.03. The van der Waals surface area contributed by atoms with Gasteiger partial charge in [0.25, 0.3) is 0 Å². The van der Waals surface area contributed by atoms with Crippen molar-refractivity contribution in [2.24, 2.45) is 5.41 Å². The second kappa shape index (κ2) is 7.54. The van der Waals surface area contributed by atoms with Gasteiger partial charge in [-0.15, -0.1) is 0 Å². The molecule has 0 aromatic heterocycles. The summed E-state index contributed by atoms with van der Waals surface area (Å²) in [7, 11) is 3.38. The number of fused-ring (bicyclic) bond motifs is 1. The average molecular weight is 321 g/mol. The lowest BCUT2D eigenvalue weighted by Gasteiger charge is -2.27. The van der Waals surface area contributed by atoms with E-state index in [2.05, 4.69) is 44.7 Å². The van der Waals surface area contributed by atoms with E-state index in [1.807, 2.05) is 0 Å². The molecule has 1 aromatic carbocycles. The summed E-state index contributed by atoms with van der Waals surface area (Å²) in [6, 6.07) is 4.23. The minimum absolute atomic E-state index is 0.0754. The summed E-state index contributed by atoms with van der Waals surface area (Å²) in [5.41, 5.74) is 2.66. The van der Waals surface area contributed by atoms with Crippen LogP contribution in [-0.4, -0.2) is 45.4 Å². The number of hydrogen-bond acceptors (Lipinski definition) is 4. The predicted molar refractivity (Wildman–Crippen MR) is 93.5 cm³/mol. The van der Waals surface area contributed by atoms with E-state index >= 15 is 0 Å². The first-order valence-corrected chi connectivity index (χ1v) is 8.52. The van der Waals surface area contributed by atoms with Crippen LogP contribution < -0.4 is 9.47 Å². The quantitative estimate of drug-likeness (QED) is 0.799. The van der Waals surface area contributed by atoms with Crippen LogP contribution in [0.25, 0.3) is 0 Å². The van der Waals surface area contributed by atoms with Gasteiger partial charge in [0.1, 0.15) is 0 Å². The van der Waals surface area contributed by atoms with E-state index in [1.165, 1.54) is 11.1 Å². The van der Waals surface area contributed by atoms with Crippen LogP contribution in [0.15, 0.2) is 12.1 Å². The largest absolute Gasteiger partial charge is 0.493 e. The molecule has 0 radical (unpaired) electrons. The van der Waals surface area contributed by atoms with Crippen molar-refractivity contribution in [2.45, 2.75) is 40.2 Å². The Balaban J connectivity index is 2.44. The Morgan fingerprint density at radius 3 is 2.30 bits per heavy atom. The van der Waals surface area contributed by atoms with Crippen molar-refractivity contribution in [3.05, 3.63) is 23.3 Å². The number of rotatable bonds is 6. The number of ether oxygens (including phenoxy) is 3. The molecule has 130 valence electrons. The molecule has 0 saturated heterocycles. The zero-order chi connectivity index (χ0) is 17.0. The van der Waals surface area contributed by atoms with E-state index in [-0.39, 0.29) is 11.5 Å². The molecule has 0 spiro atoms. The van der Waals surface area contributed by atoms with Gasteiger partial charge in [-0.25, -0.2) is 0 Å². The molecule has 0 bridgehead atoms. The number of methoxy groups -OCH3 is 2. The van der Waals surface area contributed by atoms with Crippen molar-refractivity contribution in [1.29, 1.82) is 0 Å². The van der Waals surface area contributed by atoms with Crippen LogP contribution in [0.2, 0.25) is 0 Å². The lowest BCUT2D eigenvalue weighted by molar-refractivity contribution is -0.00699. The Bertz CT molecular complexity index is 524. The molecule has 23 heavy (non-hydrogen) atoms. The van der Waals surface area contributed by atoms with Crippen LogP contribution >= 0.6 is 0 Å².